The number of nitriles is 1. The van der Waals surface area contributed by atoms with Crippen LogP contribution in [0.15, 0.2) is 69.6 Å². The first-order chi connectivity index (χ1) is 14.9. The molecule has 1 aliphatic heterocycles. The van der Waals surface area contributed by atoms with Gasteiger partial charge in [0.15, 0.2) is 5.78 Å². The van der Waals surface area contributed by atoms with Crippen LogP contribution < -0.4 is 10.5 Å². The van der Waals surface area contributed by atoms with E-state index in [1.165, 1.54) is 12.1 Å². The zero-order valence-corrected chi connectivity index (χ0v) is 18.6. The fourth-order valence-electron chi connectivity index (χ4n) is 4.19. The first kappa shape index (κ1) is 21.1. The molecule has 0 radical (unpaired) electrons. The number of hydrogen-bond donors (Lipinski definition) is 1. The number of ketones is 1. The third-order valence-electron chi connectivity index (χ3n) is 5.76. The Bertz CT molecular complexity index is 1150. The third-order valence-corrected chi connectivity index (χ3v) is 6.25. The molecular formula is C24H21BrFN3O2. The van der Waals surface area contributed by atoms with Crippen LogP contribution >= 0.6 is 15.9 Å². The molecule has 2 aromatic rings. The van der Waals surface area contributed by atoms with Crippen LogP contribution in [0.5, 0.6) is 5.75 Å². The van der Waals surface area contributed by atoms with E-state index in [-0.39, 0.29) is 18.2 Å². The van der Waals surface area contributed by atoms with Crippen molar-refractivity contribution in [2.45, 2.75) is 31.8 Å². The Labute approximate surface area is 188 Å². The molecule has 2 aliphatic rings. The Hall–Kier alpha value is -3.11. The van der Waals surface area contributed by atoms with Crippen molar-refractivity contribution >= 4 is 21.7 Å². The van der Waals surface area contributed by atoms with Gasteiger partial charge in [0.25, 0.3) is 0 Å². The maximum absolute atomic E-state index is 13.2. The molecule has 0 bridgehead atoms. The molecule has 31 heavy (non-hydrogen) atoms. The Kier molecular flexibility index (Phi) is 5.84. The summed E-state index contributed by atoms with van der Waals surface area (Å²) in [6.45, 7) is 0.225. The average molecular weight is 482 g/mol. The predicted molar refractivity (Wildman–Crippen MR) is 118 cm³/mol. The summed E-state index contributed by atoms with van der Waals surface area (Å²) in [5.74, 6) is 0.0275. The molecule has 0 amide bonds. The molecular weight excluding hydrogens is 461 g/mol. The van der Waals surface area contributed by atoms with E-state index in [0.29, 0.717) is 34.7 Å². The van der Waals surface area contributed by atoms with Gasteiger partial charge in [0.1, 0.15) is 24.0 Å². The van der Waals surface area contributed by atoms with Gasteiger partial charge in [0.05, 0.1) is 17.6 Å². The van der Waals surface area contributed by atoms with Gasteiger partial charge >= 0.3 is 0 Å². The summed E-state index contributed by atoms with van der Waals surface area (Å²) in [4.78, 5) is 14.8. The molecule has 2 N–H and O–H groups in total. The summed E-state index contributed by atoms with van der Waals surface area (Å²) in [6.07, 6.45) is 1.94. The highest BCUT2D eigenvalue weighted by Crippen LogP contribution is 2.47. The minimum atomic E-state index is -0.593. The molecule has 1 aliphatic carbocycles. The van der Waals surface area contributed by atoms with Gasteiger partial charge in [-0.3, -0.25) is 4.79 Å². The second-order valence-electron chi connectivity index (χ2n) is 7.64. The summed E-state index contributed by atoms with van der Waals surface area (Å²) in [5, 5.41) is 9.95. The van der Waals surface area contributed by atoms with Gasteiger partial charge in [-0.05, 0) is 48.7 Å². The van der Waals surface area contributed by atoms with Crippen molar-refractivity contribution < 1.29 is 13.9 Å². The molecule has 4 rings (SSSR count). The van der Waals surface area contributed by atoms with E-state index in [2.05, 4.69) is 22.0 Å². The van der Waals surface area contributed by atoms with Crippen molar-refractivity contribution in [2.24, 2.45) is 5.73 Å². The van der Waals surface area contributed by atoms with Gasteiger partial charge in [-0.2, -0.15) is 5.26 Å². The second-order valence-corrected chi connectivity index (χ2v) is 8.55. The minimum Gasteiger partial charge on any atom is -0.489 e. The minimum absolute atomic E-state index is 0.0304. The van der Waals surface area contributed by atoms with Gasteiger partial charge in [-0.25, -0.2) is 4.39 Å². The van der Waals surface area contributed by atoms with Crippen LogP contribution in [0, 0.1) is 17.1 Å². The van der Waals surface area contributed by atoms with Gasteiger partial charge in [-0.15, -0.1) is 0 Å². The first-order valence-electron chi connectivity index (χ1n) is 9.97. The quantitative estimate of drug-likeness (QED) is 0.671. The van der Waals surface area contributed by atoms with Gasteiger partial charge in [-0.1, -0.05) is 28.1 Å². The van der Waals surface area contributed by atoms with E-state index in [0.717, 1.165) is 28.6 Å². The number of halogens is 2. The lowest BCUT2D eigenvalue weighted by atomic mass is 9.75. The summed E-state index contributed by atoms with van der Waals surface area (Å²) in [7, 11) is 1.80. The van der Waals surface area contributed by atoms with Crippen LogP contribution in [-0.2, 0) is 11.4 Å². The molecule has 7 heteroatoms. The largest absolute Gasteiger partial charge is 0.489 e. The number of benzene rings is 2. The molecule has 158 valence electrons. The molecule has 0 spiro atoms. The molecule has 0 fully saturated rings. The average Bonchev–Trinajstić information content (AvgIpc) is 2.76. The Balaban J connectivity index is 1.80. The summed E-state index contributed by atoms with van der Waals surface area (Å²) >= 11 is 3.50. The van der Waals surface area contributed by atoms with Gasteiger partial charge in [0, 0.05) is 34.8 Å². The molecule has 5 nitrogen and oxygen atoms in total. The molecule has 0 saturated carbocycles. The smallest absolute Gasteiger partial charge is 0.161 e. The Morgan fingerprint density at radius 1 is 1.26 bits per heavy atom. The first-order valence-corrected chi connectivity index (χ1v) is 10.8. The zero-order chi connectivity index (χ0) is 22.1. The number of hydrogen-bond acceptors (Lipinski definition) is 5. The highest BCUT2D eigenvalue weighted by atomic mass is 79.9. The van der Waals surface area contributed by atoms with E-state index >= 15 is 0 Å². The lowest BCUT2D eigenvalue weighted by molar-refractivity contribution is -0.116. The predicted octanol–water partition coefficient (Wildman–Crippen LogP) is 4.90. The van der Waals surface area contributed by atoms with Crippen LogP contribution in [0.4, 0.5) is 4.39 Å². The Morgan fingerprint density at radius 3 is 2.71 bits per heavy atom. The highest BCUT2D eigenvalue weighted by Gasteiger charge is 2.39. The Morgan fingerprint density at radius 2 is 2.00 bits per heavy atom. The van der Waals surface area contributed by atoms with Crippen molar-refractivity contribution in [1.29, 1.82) is 5.26 Å². The van der Waals surface area contributed by atoms with Crippen LogP contribution in [0.25, 0.3) is 0 Å². The van der Waals surface area contributed by atoms with Crippen LogP contribution in [0.1, 0.15) is 36.3 Å². The van der Waals surface area contributed by atoms with Crippen LogP contribution in [0.2, 0.25) is 0 Å². The lowest BCUT2D eigenvalue weighted by Crippen LogP contribution is -2.36. The van der Waals surface area contributed by atoms with E-state index in [1.54, 1.807) is 30.1 Å². The second kappa shape index (κ2) is 8.56. The van der Waals surface area contributed by atoms with Crippen LogP contribution in [0.3, 0.4) is 0 Å². The van der Waals surface area contributed by atoms with Crippen molar-refractivity contribution in [3.8, 4) is 11.8 Å². The van der Waals surface area contributed by atoms with Crippen molar-refractivity contribution in [1.82, 2.24) is 4.90 Å². The normalized spacial score (nSPS) is 18.7. The van der Waals surface area contributed by atoms with E-state index in [1.807, 2.05) is 12.1 Å². The monoisotopic (exact) mass is 481 g/mol. The van der Waals surface area contributed by atoms with Crippen molar-refractivity contribution in [2.75, 3.05) is 7.05 Å². The summed E-state index contributed by atoms with van der Waals surface area (Å²) < 4.78 is 20.1. The van der Waals surface area contributed by atoms with Gasteiger partial charge < -0.3 is 15.4 Å². The van der Waals surface area contributed by atoms with E-state index in [9.17, 15) is 14.4 Å². The maximum Gasteiger partial charge on any atom is 0.161 e. The number of Topliss-reactive ketones (excluding diaryl/α,β-unsaturated/α-hetero) is 1. The SMILES string of the molecule is CN1C(N)=C(C#N)[C@@H](c2cc(Br)ccc2OCc2ccc(F)cc2)C2=C1CCCC2=O. The van der Waals surface area contributed by atoms with Crippen molar-refractivity contribution in [3.05, 3.63) is 86.5 Å². The fraction of sp³-hybridized carbons (Fsp3) is 0.250. The molecule has 1 heterocycles. The summed E-state index contributed by atoms with van der Waals surface area (Å²) in [5.41, 5.74) is 9.65. The number of allylic oxidation sites excluding steroid dienone is 3. The number of carbonyl (C=O) groups is 1. The van der Waals surface area contributed by atoms with E-state index < -0.39 is 5.92 Å². The van der Waals surface area contributed by atoms with Crippen molar-refractivity contribution in [3.63, 3.8) is 0 Å². The number of nitrogens with two attached hydrogens (primary N) is 1. The number of rotatable bonds is 4. The summed E-state index contributed by atoms with van der Waals surface area (Å²) in [6, 6.07) is 13.8. The lowest BCUT2D eigenvalue weighted by Gasteiger charge is -2.38. The van der Waals surface area contributed by atoms with Crippen LogP contribution in [-0.4, -0.2) is 17.7 Å². The molecule has 0 aromatic heterocycles. The highest BCUT2D eigenvalue weighted by molar-refractivity contribution is 9.10. The zero-order valence-electron chi connectivity index (χ0n) is 17.0. The number of nitrogens with zero attached hydrogens (tertiary/aromatic N) is 2. The standard InChI is InChI=1S/C24H21BrFN3O2/c1-29-19-3-2-4-20(30)23(19)22(18(12-27)24(29)28)17-11-15(25)7-10-21(17)31-13-14-5-8-16(26)9-6-14/h5-11,22H,2-4,13,28H2,1H3/t22-/m1/s1. The molecule has 2 aromatic carbocycles. The molecule has 0 unspecified atom stereocenters. The number of carbonyl (C=O) groups excluding carboxylic acids is 1. The maximum atomic E-state index is 13.2. The third kappa shape index (κ3) is 3.96. The molecule has 1 atom stereocenters. The fourth-order valence-corrected chi connectivity index (χ4v) is 4.57. The molecule has 0 saturated heterocycles. The van der Waals surface area contributed by atoms with E-state index in [4.69, 9.17) is 10.5 Å². The van der Waals surface area contributed by atoms with Gasteiger partial charge in [0.2, 0.25) is 0 Å². The topological polar surface area (TPSA) is 79.3 Å². The number of ether oxygens (including phenoxy) is 1.